The molecule has 25 heavy (non-hydrogen) atoms. The van der Waals surface area contributed by atoms with E-state index in [1.807, 2.05) is 0 Å². The molecule has 0 radical (unpaired) electrons. The maximum absolute atomic E-state index is 11.1. The van der Waals surface area contributed by atoms with Gasteiger partial charge < -0.3 is 10.2 Å². The largest absolute Gasteiger partial charge is 0.477 e. The number of nitro benzene ring substituents is 2. The number of hydrogen-bond acceptors (Lipinski definition) is 6. The van der Waals surface area contributed by atoms with Gasteiger partial charge in [0.05, 0.1) is 22.0 Å². The molecule has 0 spiro atoms. The third-order valence-corrected chi connectivity index (χ3v) is 3.39. The number of aromatic carboxylic acids is 1. The maximum atomic E-state index is 11.1. The molecule has 0 aliphatic heterocycles. The van der Waals surface area contributed by atoms with E-state index >= 15 is 0 Å². The third kappa shape index (κ3) is 4.03. The van der Waals surface area contributed by atoms with Crippen molar-refractivity contribution in [3.8, 4) is 0 Å². The Hall–Kier alpha value is -3.59. The molecule has 0 aromatic heterocycles. The topological polar surface area (TPSA) is 144 Å². The summed E-state index contributed by atoms with van der Waals surface area (Å²) in [5.41, 5.74) is -0.0588. The van der Waals surface area contributed by atoms with E-state index in [0.29, 0.717) is 11.1 Å². The quantitative estimate of drug-likeness (QED) is 0.465. The molecule has 128 valence electrons. The molecule has 0 unspecified atom stereocenters. The van der Waals surface area contributed by atoms with Crippen LogP contribution in [-0.4, -0.2) is 26.0 Å². The molecule has 0 atom stereocenters. The van der Waals surface area contributed by atoms with Gasteiger partial charge >= 0.3 is 5.97 Å². The van der Waals surface area contributed by atoms with Crippen LogP contribution in [0.2, 0.25) is 0 Å². The summed E-state index contributed by atoms with van der Waals surface area (Å²) in [6.07, 6.45) is 3.06. The molecule has 9 nitrogen and oxygen atoms in total. The van der Waals surface area contributed by atoms with Crippen LogP contribution in [0.5, 0.6) is 0 Å². The lowest BCUT2D eigenvalue weighted by Crippen LogP contribution is -2.02. The molecule has 2 aromatic rings. The second-order valence-corrected chi connectivity index (χ2v) is 4.98. The first kappa shape index (κ1) is 17.8. The molecular formula is C16H12N2O7. The van der Waals surface area contributed by atoms with Crippen molar-refractivity contribution in [3.63, 3.8) is 0 Å². The molecule has 0 saturated carbocycles. The zero-order chi connectivity index (χ0) is 18.6. The highest BCUT2D eigenvalue weighted by atomic mass is 16.6. The molecule has 0 heterocycles. The van der Waals surface area contributed by atoms with Crippen LogP contribution in [0.25, 0.3) is 12.2 Å². The van der Waals surface area contributed by atoms with Crippen LogP contribution in [0.15, 0.2) is 36.4 Å². The van der Waals surface area contributed by atoms with Crippen molar-refractivity contribution in [1.82, 2.24) is 0 Å². The Morgan fingerprint density at radius 3 is 1.96 bits per heavy atom. The third-order valence-electron chi connectivity index (χ3n) is 3.39. The summed E-state index contributed by atoms with van der Waals surface area (Å²) in [5, 5.41) is 39.9. The van der Waals surface area contributed by atoms with E-state index in [-0.39, 0.29) is 11.3 Å². The smallest absolute Gasteiger partial charge is 0.342 e. The number of nitrogens with zero attached hydrogens (tertiary/aromatic N) is 2. The molecule has 9 heteroatoms. The van der Waals surface area contributed by atoms with Gasteiger partial charge in [-0.1, -0.05) is 12.2 Å². The molecule has 0 aliphatic carbocycles. The summed E-state index contributed by atoms with van der Waals surface area (Å²) in [4.78, 5) is 31.4. The molecule has 2 N–H and O–H groups in total. The Labute approximate surface area is 140 Å². The first-order valence-electron chi connectivity index (χ1n) is 6.91. The van der Waals surface area contributed by atoms with Crippen molar-refractivity contribution >= 4 is 29.5 Å². The average molecular weight is 344 g/mol. The summed E-state index contributed by atoms with van der Waals surface area (Å²) in [6.45, 7) is -0.501. The Morgan fingerprint density at radius 2 is 1.48 bits per heavy atom. The van der Waals surface area contributed by atoms with Gasteiger partial charge in [0, 0.05) is 12.1 Å². The molecule has 0 fully saturated rings. The van der Waals surface area contributed by atoms with Crippen LogP contribution in [0, 0.1) is 20.2 Å². The Bertz CT molecular complexity index is 890. The number of carbonyl (C=O) groups is 1. The van der Waals surface area contributed by atoms with E-state index < -0.39 is 33.7 Å². The number of carboxylic acid groups (broad SMARTS) is 1. The van der Waals surface area contributed by atoms with Crippen molar-refractivity contribution in [2.45, 2.75) is 6.61 Å². The van der Waals surface area contributed by atoms with Crippen molar-refractivity contribution < 1.29 is 24.9 Å². The highest BCUT2D eigenvalue weighted by Gasteiger charge is 2.19. The van der Waals surface area contributed by atoms with Gasteiger partial charge in [0.1, 0.15) is 5.56 Å². The maximum Gasteiger partial charge on any atom is 0.342 e. The summed E-state index contributed by atoms with van der Waals surface area (Å²) in [5.74, 6) is -1.42. The first-order chi connectivity index (χ1) is 11.8. The predicted octanol–water partition coefficient (Wildman–Crippen LogP) is 2.86. The molecule has 0 aliphatic rings. The first-order valence-corrected chi connectivity index (χ1v) is 6.91. The zero-order valence-electron chi connectivity index (χ0n) is 12.7. The van der Waals surface area contributed by atoms with Crippen LogP contribution in [-0.2, 0) is 6.61 Å². The standard InChI is InChI=1S/C16H12N2O7/c19-9-12-7-10(3-5-14(12)17(22)23)1-2-11-4-6-15(18(24)25)13(8-11)16(20)21/h1-8,19H,9H2,(H,20,21). The summed E-state index contributed by atoms with van der Waals surface area (Å²) < 4.78 is 0. The molecule has 0 saturated heterocycles. The second-order valence-electron chi connectivity index (χ2n) is 4.98. The van der Waals surface area contributed by atoms with Crippen LogP contribution in [0.3, 0.4) is 0 Å². The number of rotatable bonds is 6. The lowest BCUT2D eigenvalue weighted by Gasteiger charge is -2.02. The molecule has 2 aromatic carbocycles. The van der Waals surface area contributed by atoms with Crippen LogP contribution in [0.1, 0.15) is 27.0 Å². The van der Waals surface area contributed by atoms with Crippen molar-refractivity contribution in [2.75, 3.05) is 0 Å². The fourth-order valence-electron chi connectivity index (χ4n) is 2.19. The Kier molecular flexibility index (Phi) is 5.20. The van der Waals surface area contributed by atoms with E-state index in [4.69, 9.17) is 5.11 Å². The molecule has 2 rings (SSSR count). The van der Waals surface area contributed by atoms with Gasteiger partial charge in [-0.3, -0.25) is 20.2 Å². The molecular weight excluding hydrogens is 332 g/mol. The highest BCUT2D eigenvalue weighted by molar-refractivity contribution is 5.93. The van der Waals surface area contributed by atoms with Crippen LogP contribution < -0.4 is 0 Å². The second kappa shape index (κ2) is 7.32. The van der Waals surface area contributed by atoms with E-state index in [1.165, 1.54) is 30.3 Å². The fourth-order valence-corrected chi connectivity index (χ4v) is 2.19. The molecule has 0 amide bonds. The molecule has 0 bridgehead atoms. The average Bonchev–Trinajstić information content (AvgIpc) is 2.58. The van der Waals surface area contributed by atoms with Gasteiger partial charge in [-0.2, -0.15) is 0 Å². The van der Waals surface area contributed by atoms with E-state index in [0.717, 1.165) is 12.1 Å². The van der Waals surface area contributed by atoms with Gasteiger partial charge in [-0.15, -0.1) is 0 Å². The number of hydrogen-bond donors (Lipinski definition) is 2. The van der Waals surface area contributed by atoms with Crippen LogP contribution >= 0.6 is 0 Å². The summed E-state index contributed by atoms with van der Waals surface area (Å²) in [7, 11) is 0. The van der Waals surface area contributed by atoms with E-state index in [9.17, 15) is 30.1 Å². The van der Waals surface area contributed by atoms with Crippen molar-refractivity contribution in [3.05, 3.63) is 78.9 Å². The summed E-state index contributed by atoms with van der Waals surface area (Å²) in [6, 6.07) is 7.80. The lowest BCUT2D eigenvalue weighted by molar-refractivity contribution is -0.385. The fraction of sp³-hybridized carbons (Fsp3) is 0.0625. The van der Waals surface area contributed by atoms with Gasteiger partial charge in [0.15, 0.2) is 0 Å². The van der Waals surface area contributed by atoms with Gasteiger partial charge in [0.2, 0.25) is 0 Å². The van der Waals surface area contributed by atoms with Crippen molar-refractivity contribution in [1.29, 1.82) is 0 Å². The van der Waals surface area contributed by atoms with Gasteiger partial charge in [-0.05, 0) is 35.4 Å². The number of nitro groups is 2. The Balaban J connectivity index is 2.36. The zero-order valence-corrected chi connectivity index (χ0v) is 12.7. The van der Waals surface area contributed by atoms with Gasteiger partial charge in [-0.25, -0.2) is 4.79 Å². The normalized spacial score (nSPS) is 10.8. The summed E-state index contributed by atoms with van der Waals surface area (Å²) >= 11 is 0. The number of aliphatic hydroxyl groups excluding tert-OH is 1. The van der Waals surface area contributed by atoms with Crippen molar-refractivity contribution in [2.24, 2.45) is 0 Å². The van der Waals surface area contributed by atoms with Crippen LogP contribution in [0.4, 0.5) is 11.4 Å². The number of aliphatic hydroxyl groups is 1. The Morgan fingerprint density at radius 1 is 0.960 bits per heavy atom. The minimum atomic E-state index is -1.42. The SMILES string of the molecule is O=C(O)c1cc(C=Cc2ccc([N+](=O)[O-])c(CO)c2)ccc1[N+](=O)[O-]. The number of carboxylic acids is 1. The van der Waals surface area contributed by atoms with Gasteiger partial charge in [0.25, 0.3) is 11.4 Å². The predicted molar refractivity (Wildman–Crippen MR) is 88.0 cm³/mol. The lowest BCUT2D eigenvalue weighted by atomic mass is 10.1. The van der Waals surface area contributed by atoms with E-state index in [1.54, 1.807) is 6.08 Å². The monoisotopic (exact) mass is 344 g/mol. The number of benzene rings is 2. The van der Waals surface area contributed by atoms with E-state index in [2.05, 4.69) is 0 Å². The highest BCUT2D eigenvalue weighted by Crippen LogP contribution is 2.23. The minimum absolute atomic E-state index is 0.141. The minimum Gasteiger partial charge on any atom is -0.477 e.